The molecule has 58 heavy (non-hydrogen) atoms. The van der Waals surface area contributed by atoms with E-state index >= 15 is 0 Å². The average Bonchev–Trinajstić information content (AvgIpc) is 4.07. The number of aromatic nitrogens is 8. The molecule has 4 N–H and O–H groups in total. The summed E-state index contributed by atoms with van der Waals surface area (Å²) < 4.78 is 0. The maximum Gasteiger partial charge on any atom is 0.0802 e. The summed E-state index contributed by atoms with van der Waals surface area (Å²) in [4.78, 5) is 34.0. The molecular formula is C50H34N8. The Morgan fingerprint density at radius 1 is 0.362 bits per heavy atom. The second-order valence-corrected chi connectivity index (χ2v) is 15.1. The molecule has 0 saturated carbocycles. The van der Waals surface area contributed by atoms with Crippen molar-refractivity contribution in [2.75, 3.05) is 0 Å². The normalized spacial score (nSPS) is 11.9. The van der Waals surface area contributed by atoms with E-state index in [0.29, 0.717) is 6.42 Å². The number of fused-ring (bicyclic) bond motifs is 6. The Morgan fingerprint density at radius 2 is 0.810 bits per heavy atom. The lowest BCUT2D eigenvalue weighted by molar-refractivity contribution is 1.07. The van der Waals surface area contributed by atoms with Crippen molar-refractivity contribution < 1.29 is 0 Å². The van der Waals surface area contributed by atoms with E-state index < -0.39 is 0 Å². The van der Waals surface area contributed by atoms with Crippen LogP contribution >= 0.6 is 0 Å². The van der Waals surface area contributed by atoms with E-state index in [2.05, 4.69) is 140 Å². The number of nitrogens with zero attached hydrogens (tertiary/aromatic N) is 4. The molecule has 0 aliphatic carbocycles. The van der Waals surface area contributed by atoms with Crippen LogP contribution in [0.1, 0.15) is 22.8 Å². The summed E-state index contributed by atoms with van der Waals surface area (Å²) in [6.07, 6.45) is 10.9. The van der Waals surface area contributed by atoms with Crippen LogP contribution in [0.15, 0.2) is 158 Å². The first kappa shape index (κ1) is 32.4. The average molecular weight is 747 g/mol. The Labute approximate surface area is 331 Å². The Hall–Kier alpha value is -7.84. The van der Waals surface area contributed by atoms with Crippen LogP contribution in [0.2, 0.25) is 0 Å². The number of rotatable bonds is 7. The van der Waals surface area contributed by atoms with E-state index in [-0.39, 0.29) is 0 Å². The van der Waals surface area contributed by atoms with Crippen LogP contribution in [-0.4, -0.2) is 39.9 Å². The maximum absolute atomic E-state index is 5.00. The highest BCUT2D eigenvalue weighted by Gasteiger charge is 2.18. The van der Waals surface area contributed by atoms with Gasteiger partial charge in [0, 0.05) is 127 Å². The number of H-pyrrole nitrogens is 4. The lowest BCUT2D eigenvalue weighted by Crippen LogP contribution is -1.93. The van der Waals surface area contributed by atoms with E-state index in [1.165, 1.54) is 11.1 Å². The summed E-state index contributed by atoms with van der Waals surface area (Å²) in [6.45, 7) is 0. The maximum atomic E-state index is 5.00. The van der Waals surface area contributed by atoms with Crippen molar-refractivity contribution >= 4 is 65.2 Å². The summed E-state index contributed by atoms with van der Waals surface area (Å²) in [6, 6.07) is 44.9. The highest BCUT2D eigenvalue weighted by Crippen LogP contribution is 2.38. The molecule has 0 bridgehead atoms. The smallest absolute Gasteiger partial charge is 0.0802 e. The van der Waals surface area contributed by atoms with Gasteiger partial charge in [0.05, 0.1) is 33.6 Å². The standard InChI is InChI=1S/C50H34N8/c1-2-13-44-29(6-1)22-34(55-44)26-35-23-31-8-4-11-42(46(31)56-35)49-39-16-21-54-50(40(39)17-20-53-49)43-12-5-9-32-25-37(58-47(32)43)27-36-24-30-7-3-10-41(45(30)57-36)48-38-15-18-51-28-33(38)14-19-52-48/h1-25,28,55-58H,26-27H2. The molecule has 0 aliphatic rings. The van der Waals surface area contributed by atoms with Crippen LogP contribution in [-0.2, 0) is 12.8 Å². The Balaban J connectivity index is 0.899. The van der Waals surface area contributed by atoms with Crippen LogP contribution in [0.25, 0.3) is 98.9 Å². The number of aromatic amines is 4. The zero-order valence-corrected chi connectivity index (χ0v) is 31.2. The highest BCUT2D eigenvalue weighted by molar-refractivity contribution is 6.09. The summed E-state index contributed by atoms with van der Waals surface area (Å²) in [5, 5.41) is 8.95. The molecular weight excluding hydrogens is 713 g/mol. The van der Waals surface area contributed by atoms with E-state index in [0.717, 1.165) is 117 Å². The van der Waals surface area contributed by atoms with E-state index in [4.69, 9.17) is 15.0 Å². The zero-order chi connectivity index (χ0) is 38.2. The molecule has 12 rings (SSSR count). The minimum atomic E-state index is 0.717. The number of para-hydroxylation sites is 4. The van der Waals surface area contributed by atoms with Crippen LogP contribution in [0.4, 0.5) is 0 Å². The van der Waals surface area contributed by atoms with E-state index in [1.807, 2.05) is 43.1 Å². The van der Waals surface area contributed by atoms with Gasteiger partial charge in [-0.3, -0.25) is 19.9 Å². The van der Waals surface area contributed by atoms with Gasteiger partial charge in [-0.15, -0.1) is 0 Å². The Kier molecular flexibility index (Phi) is 7.19. The first-order valence-corrected chi connectivity index (χ1v) is 19.5. The fourth-order valence-electron chi connectivity index (χ4n) is 8.92. The Morgan fingerprint density at radius 3 is 1.36 bits per heavy atom. The van der Waals surface area contributed by atoms with Gasteiger partial charge in [-0.05, 0) is 60.0 Å². The molecule has 0 unspecified atom stereocenters. The fraction of sp³-hybridized carbons (Fsp3) is 0.0400. The molecule has 0 radical (unpaired) electrons. The van der Waals surface area contributed by atoms with Gasteiger partial charge < -0.3 is 19.9 Å². The van der Waals surface area contributed by atoms with E-state index in [9.17, 15) is 0 Å². The summed E-state index contributed by atoms with van der Waals surface area (Å²) in [5.74, 6) is 0. The molecule has 0 amide bonds. The Bertz CT molecular complexity index is 3510. The van der Waals surface area contributed by atoms with Crippen LogP contribution < -0.4 is 0 Å². The largest absolute Gasteiger partial charge is 0.358 e. The molecule has 0 fully saturated rings. The fourth-order valence-corrected chi connectivity index (χ4v) is 8.92. The molecule has 12 aromatic rings. The molecule has 4 aromatic carbocycles. The van der Waals surface area contributed by atoms with Crippen LogP contribution in [0.3, 0.4) is 0 Å². The zero-order valence-electron chi connectivity index (χ0n) is 31.2. The van der Waals surface area contributed by atoms with Crippen molar-refractivity contribution in [3.8, 4) is 33.8 Å². The first-order chi connectivity index (χ1) is 28.7. The molecule has 0 spiro atoms. The summed E-state index contributed by atoms with van der Waals surface area (Å²) in [5.41, 5.74) is 15.0. The highest BCUT2D eigenvalue weighted by atomic mass is 14.8. The van der Waals surface area contributed by atoms with Gasteiger partial charge in [0.2, 0.25) is 0 Å². The second kappa shape index (κ2) is 12.9. The summed E-state index contributed by atoms with van der Waals surface area (Å²) in [7, 11) is 0. The number of pyridine rings is 4. The molecule has 8 aromatic heterocycles. The lowest BCUT2D eigenvalue weighted by atomic mass is 9.99. The SMILES string of the molecule is c1ccc2[nH]c(Cc3cc4cccc(-c5nccc6c(-c7cccc8cc(Cc9cc%10cccc(-c%11nccc%12cnccc%11%12)c%10[nH]9)[nH]c78)nccc56)c4[nH]3)cc2c1. The third kappa shape index (κ3) is 5.30. The number of benzene rings is 4. The van der Waals surface area contributed by atoms with Gasteiger partial charge in [0.15, 0.2) is 0 Å². The topological polar surface area (TPSA) is 115 Å². The molecule has 0 saturated heterocycles. The molecule has 0 aliphatic heterocycles. The minimum Gasteiger partial charge on any atom is -0.358 e. The lowest BCUT2D eigenvalue weighted by Gasteiger charge is -2.11. The predicted molar refractivity (Wildman–Crippen MR) is 235 cm³/mol. The monoisotopic (exact) mass is 746 g/mol. The van der Waals surface area contributed by atoms with Crippen molar-refractivity contribution in [2.24, 2.45) is 0 Å². The first-order valence-electron chi connectivity index (χ1n) is 19.5. The third-order valence-electron chi connectivity index (χ3n) is 11.5. The number of hydrogen-bond acceptors (Lipinski definition) is 4. The van der Waals surface area contributed by atoms with Crippen molar-refractivity contribution in [2.45, 2.75) is 12.8 Å². The quantitative estimate of drug-likeness (QED) is 0.130. The van der Waals surface area contributed by atoms with Gasteiger partial charge in [0.1, 0.15) is 0 Å². The van der Waals surface area contributed by atoms with Gasteiger partial charge in [-0.2, -0.15) is 0 Å². The molecule has 8 nitrogen and oxygen atoms in total. The second-order valence-electron chi connectivity index (χ2n) is 15.1. The van der Waals surface area contributed by atoms with Crippen molar-refractivity contribution in [1.29, 1.82) is 0 Å². The van der Waals surface area contributed by atoms with Gasteiger partial charge >= 0.3 is 0 Å². The van der Waals surface area contributed by atoms with Gasteiger partial charge in [-0.1, -0.05) is 72.8 Å². The molecule has 274 valence electrons. The van der Waals surface area contributed by atoms with Gasteiger partial charge in [-0.25, -0.2) is 0 Å². The van der Waals surface area contributed by atoms with Crippen molar-refractivity contribution in [3.63, 3.8) is 0 Å². The predicted octanol–water partition coefficient (Wildman–Crippen LogP) is 11.7. The van der Waals surface area contributed by atoms with E-state index in [1.54, 1.807) is 0 Å². The summed E-state index contributed by atoms with van der Waals surface area (Å²) >= 11 is 0. The minimum absolute atomic E-state index is 0.717. The number of nitrogens with one attached hydrogen (secondary N) is 4. The van der Waals surface area contributed by atoms with Crippen molar-refractivity contribution in [3.05, 3.63) is 181 Å². The molecule has 8 heterocycles. The van der Waals surface area contributed by atoms with Crippen molar-refractivity contribution in [1.82, 2.24) is 39.9 Å². The number of hydrogen-bond donors (Lipinski definition) is 4. The third-order valence-corrected chi connectivity index (χ3v) is 11.5. The van der Waals surface area contributed by atoms with Crippen LogP contribution in [0.5, 0.6) is 0 Å². The van der Waals surface area contributed by atoms with Gasteiger partial charge in [0.25, 0.3) is 0 Å². The van der Waals surface area contributed by atoms with Crippen LogP contribution in [0, 0.1) is 0 Å². The molecule has 0 atom stereocenters. The molecule has 8 heteroatoms.